The molecule has 0 saturated heterocycles. The van der Waals surface area contributed by atoms with Gasteiger partial charge >= 0.3 is 0 Å². The van der Waals surface area contributed by atoms with Crippen molar-refractivity contribution in [3.63, 3.8) is 0 Å². The molecule has 0 saturated carbocycles. The Bertz CT molecular complexity index is 147. The summed E-state index contributed by atoms with van der Waals surface area (Å²) in [6.07, 6.45) is 0. The van der Waals surface area contributed by atoms with Gasteiger partial charge in [0, 0.05) is 0 Å². The number of quaternary nitrogens is 1. The molecule has 80 valence electrons. The lowest BCUT2D eigenvalue weighted by molar-refractivity contribution is -0.914. The first-order chi connectivity index (χ1) is 5.64. The maximum atomic E-state index is 8.56. The van der Waals surface area contributed by atoms with E-state index in [-0.39, 0.29) is 12.4 Å². The quantitative estimate of drug-likeness (QED) is 0.260. The summed E-state index contributed by atoms with van der Waals surface area (Å²) in [6, 6.07) is 0. The van der Waals surface area contributed by atoms with Gasteiger partial charge in [0.2, 0.25) is 0 Å². The van der Waals surface area contributed by atoms with Crippen LogP contribution in [0.2, 0.25) is 0 Å². The third kappa shape index (κ3) is 4.48. The minimum Gasteiger partial charge on any atom is -1.00 e. The first-order valence-electron chi connectivity index (χ1n) is 4.66. The molecule has 0 amide bonds. The van der Waals surface area contributed by atoms with Gasteiger partial charge in [0.15, 0.2) is 0 Å². The predicted molar refractivity (Wildman–Crippen MR) is 51.6 cm³/mol. The highest BCUT2D eigenvalue weighted by Crippen LogP contribution is 2.05. The SMILES string of the molecule is CC[N+](CC)(CC)C/C(C)=N/O.[Cl-]. The van der Waals surface area contributed by atoms with Gasteiger partial charge in [0.05, 0.1) is 19.6 Å². The first-order valence-corrected chi connectivity index (χ1v) is 4.66. The molecule has 0 atom stereocenters. The normalized spacial score (nSPS) is 12.5. The molecule has 0 aromatic heterocycles. The Labute approximate surface area is 87.4 Å². The summed E-state index contributed by atoms with van der Waals surface area (Å²) in [7, 11) is 0. The number of nitrogens with zero attached hydrogens (tertiary/aromatic N) is 2. The standard InChI is InChI=1S/C9H20N2O.ClH/c1-5-11(6-2,7-3)8-9(4)10-12;/h5-8H2,1-4H3;1H/b10-9+;. The summed E-state index contributed by atoms with van der Waals surface area (Å²) < 4.78 is 1.01. The van der Waals surface area contributed by atoms with Crippen LogP contribution in [0.15, 0.2) is 5.16 Å². The summed E-state index contributed by atoms with van der Waals surface area (Å²) in [5, 5.41) is 11.8. The van der Waals surface area contributed by atoms with Crippen molar-refractivity contribution in [1.29, 1.82) is 0 Å². The zero-order valence-corrected chi connectivity index (χ0v) is 9.80. The first kappa shape index (κ1) is 15.2. The van der Waals surface area contributed by atoms with Crippen molar-refractivity contribution in [3.05, 3.63) is 0 Å². The van der Waals surface area contributed by atoms with Crippen molar-refractivity contribution >= 4 is 5.71 Å². The minimum absolute atomic E-state index is 0. The fourth-order valence-electron chi connectivity index (χ4n) is 1.52. The van der Waals surface area contributed by atoms with Crippen molar-refractivity contribution in [2.24, 2.45) is 5.16 Å². The molecule has 0 aliphatic carbocycles. The molecule has 3 nitrogen and oxygen atoms in total. The summed E-state index contributed by atoms with van der Waals surface area (Å²) in [5.74, 6) is 0. The van der Waals surface area contributed by atoms with E-state index < -0.39 is 0 Å². The van der Waals surface area contributed by atoms with Crippen LogP contribution in [0, 0.1) is 0 Å². The molecule has 0 aromatic carbocycles. The predicted octanol–water partition coefficient (Wildman–Crippen LogP) is -1.28. The molecule has 4 heteroatoms. The number of halogens is 1. The number of rotatable bonds is 5. The van der Waals surface area contributed by atoms with Crippen LogP contribution in [0.3, 0.4) is 0 Å². The van der Waals surface area contributed by atoms with Crippen LogP contribution in [0.25, 0.3) is 0 Å². The van der Waals surface area contributed by atoms with E-state index in [0.717, 1.165) is 36.4 Å². The Hall–Kier alpha value is -0.280. The molecule has 0 heterocycles. The second-order valence-electron chi connectivity index (χ2n) is 3.28. The van der Waals surface area contributed by atoms with E-state index in [1.54, 1.807) is 0 Å². The van der Waals surface area contributed by atoms with Crippen molar-refractivity contribution < 1.29 is 22.1 Å². The number of hydrogen-bond donors (Lipinski definition) is 1. The van der Waals surface area contributed by atoms with Gasteiger partial charge in [-0.3, -0.25) is 0 Å². The fraction of sp³-hybridized carbons (Fsp3) is 0.889. The number of oxime groups is 1. The van der Waals surface area contributed by atoms with Crippen LogP contribution in [0.4, 0.5) is 0 Å². The molecular formula is C9H21ClN2O. The van der Waals surface area contributed by atoms with Gasteiger partial charge in [-0.1, -0.05) is 5.16 Å². The molecule has 0 aliphatic heterocycles. The van der Waals surface area contributed by atoms with Crippen LogP contribution in [0.5, 0.6) is 0 Å². The van der Waals surface area contributed by atoms with Gasteiger partial charge in [-0.25, -0.2) is 0 Å². The van der Waals surface area contributed by atoms with Crippen molar-refractivity contribution in [2.75, 3.05) is 26.2 Å². The van der Waals surface area contributed by atoms with Crippen LogP contribution >= 0.6 is 0 Å². The smallest absolute Gasteiger partial charge is 0.121 e. The van der Waals surface area contributed by atoms with Crippen LogP contribution in [0.1, 0.15) is 27.7 Å². The van der Waals surface area contributed by atoms with E-state index in [1.807, 2.05) is 6.92 Å². The molecule has 0 fully saturated rings. The second kappa shape index (κ2) is 7.15. The van der Waals surface area contributed by atoms with Gasteiger partial charge in [0.25, 0.3) is 0 Å². The Kier molecular flexibility index (Phi) is 8.37. The monoisotopic (exact) mass is 208 g/mol. The van der Waals surface area contributed by atoms with Gasteiger partial charge < -0.3 is 22.1 Å². The maximum absolute atomic E-state index is 8.56. The maximum Gasteiger partial charge on any atom is 0.121 e. The lowest BCUT2D eigenvalue weighted by Gasteiger charge is -2.35. The van der Waals surface area contributed by atoms with E-state index in [4.69, 9.17) is 5.21 Å². The van der Waals surface area contributed by atoms with E-state index in [0.29, 0.717) is 0 Å². The third-order valence-corrected chi connectivity index (χ3v) is 2.75. The molecule has 13 heavy (non-hydrogen) atoms. The topological polar surface area (TPSA) is 32.6 Å². The minimum atomic E-state index is 0. The number of hydrogen-bond acceptors (Lipinski definition) is 2. The lowest BCUT2D eigenvalue weighted by Crippen LogP contribution is -3.00. The van der Waals surface area contributed by atoms with E-state index in [1.165, 1.54) is 0 Å². The summed E-state index contributed by atoms with van der Waals surface area (Å²) in [5.41, 5.74) is 0.820. The second-order valence-corrected chi connectivity index (χ2v) is 3.28. The highest BCUT2D eigenvalue weighted by Gasteiger charge is 2.21. The van der Waals surface area contributed by atoms with Crippen LogP contribution in [-0.2, 0) is 0 Å². The molecule has 0 aromatic rings. The molecular weight excluding hydrogens is 188 g/mol. The summed E-state index contributed by atoms with van der Waals surface area (Å²) in [4.78, 5) is 0. The Morgan fingerprint density at radius 1 is 1.15 bits per heavy atom. The van der Waals surface area contributed by atoms with E-state index >= 15 is 0 Å². The van der Waals surface area contributed by atoms with Gasteiger partial charge in [-0.05, 0) is 27.7 Å². The fourth-order valence-corrected chi connectivity index (χ4v) is 1.52. The molecule has 1 N–H and O–H groups in total. The zero-order valence-electron chi connectivity index (χ0n) is 9.05. The van der Waals surface area contributed by atoms with Gasteiger partial charge in [0.1, 0.15) is 12.3 Å². The Morgan fingerprint density at radius 2 is 1.54 bits per heavy atom. The molecule has 0 spiro atoms. The average molecular weight is 209 g/mol. The molecule has 0 bridgehead atoms. The summed E-state index contributed by atoms with van der Waals surface area (Å²) >= 11 is 0. The molecule has 0 unspecified atom stereocenters. The Balaban J connectivity index is 0. The van der Waals surface area contributed by atoms with Crippen molar-refractivity contribution in [3.8, 4) is 0 Å². The zero-order chi connectivity index (χ0) is 9.61. The van der Waals surface area contributed by atoms with Crippen molar-refractivity contribution in [1.82, 2.24) is 0 Å². The van der Waals surface area contributed by atoms with Gasteiger partial charge in [-0.2, -0.15) is 0 Å². The summed E-state index contributed by atoms with van der Waals surface area (Å²) in [6.45, 7) is 12.6. The Morgan fingerprint density at radius 3 is 1.77 bits per heavy atom. The largest absolute Gasteiger partial charge is 1.00 e. The highest BCUT2D eigenvalue weighted by atomic mass is 35.5. The van der Waals surface area contributed by atoms with E-state index in [9.17, 15) is 0 Å². The average Bonchev–Trinajstić information content (AvgIpc) is 2.14. The van der Waals surface area contributed by atoms with Gasteiger partial charge in [-0.15, -0.1) is 0 Å². The highest BCUT2D eigenvalue weighted by molar-refractivity contribution is 5.82. The lowest BCUT2D eigenvalue weighted by atomic mass is 10.3. The molecule has 0 aliphatic rings. The van der Waals surface area contributed by atoms with Crippen LogP contribution < -0.4 is 12.4 Å². The van der Waals surface area contributed by atoms with Crippen molar-refractivity contribution in [2.45, 2.75) is 27.7 Å². The van der Waals surface area contributed by atoms with Crippen LogP contribution in [-0.4, -0.2) is 41.6 Å². The van der Waals surface area contributed by atoms with E-state index in [2.05, 4.69) is 25.9 Å². The molecule has 0 rings (SSSR count). The third-order valence-electron chi connectivity index (χ3n) is 2.75. The molecule has 0 radical (unpaired) electrons.